The summed E-state index contributed by atoms with van der Waals surface area (Å²) in [4.78, 5) is 0. The Morgan fingerprint density at radius 2 is 1.24 bits per heavy atom. The highest BCUT2D eigenvalue weighted by Crippen LogP contribution is 2.37. The van der Waals surface area contributed by atoms with Crippen LogP contribution in [0.15, 0.2) is 30.3 Å². The Balaban J connectivity index is 1.60. The van der Waals surface area contributed by atoms with Crippen LogP contribution in [0.5, 0.6) is 0 Å². The number of benzene rings is 1. The first kappa shape index (κ1) is 32.3. The maximum atomic E-state index is 11.1. The van der Waals surface area contributed by atoms with Gasteiger partial charge in [-0.3, -0.25) is 0 Å². The number of rotatable bonds is 9. The van der Waals surface area contributed by atoms with Crippen molar-refractivity contribution < 1.29 is 79.9 Å². The Morgan fingerprint density at radius 1 is 0.659 bits per heavy atom. The smallest absolute Gasteiger partial charge is 0.280 e. The number of hydrogen-bond acceptors (Lipinski definition) is 17. The number of anilines is 1. The van der Waals surface area contributed by atoms with Gasteiger partial charge in [0.2, 0.25) is 0 Å². The zero-order chi connectivity index (χ0) is 30.1. The van der Waals surface area contributed by atoms with E-state index >= 15 is 0 Å². The summed E-state index contributed by atoms with van der Waals surface area (Å²) in [6.45, 7) is -2.49. The molecule has 17 nitrogen and oxygen atoms in total. The van der Waals surface area contributed by atoms with Crippen molar-refractivity contribution >= 4 is 5.69 Å². The molecule has 12 N–H and O–H groups in total. The van der Waals surface area contributed by atoms with Crippen LogP contribution in [0.2, 0.25) is 0 Å². The highest BCUT2D eigenvalue weighted by atomic mass is 16.8. The highest BCUT2D eigenvalue weighted by molar-refractivity contribution is 5.44. The van der Waals surface area contributed by atoms with Gasteiger partial charge < -0.3 is 85.2 Å². The Bertz CT molecular complexity index is 957. The van der Waals surface area contributed by atoms with E-state index in [1.54, 1.807) is 18.2 Å². The molecule has 0 aliphatic carbocycles. The number of ether oxygens (including phenoxy) is 5. The van der Waals surface area contributed by atoms with Crippen molar-refractivity contribution in [3.05, 3.63) is 30.3 Å². The lowest BCUT2D eigenvalue weighted by atomic mass is 9.94. The standard InChI is InChI=1S/C24H37NO16/c26-6-10-13(29)16(32)21(35)24(40-10,25-9-4-2-1-3-5-9)41-20-12(8-28)38-23(18(34)15(20)31)39-19-11(7-27)37-22(36)17(33)14(19)30/h1-5,10-23,25-36H,6-8H2/t10-,11-,12-,13-,14-,15-,16+,17-,18-,19-,20-,21-,22+,23?,24?/m1/s1. The SMILES string of the molecule is OC[C@H]1OC(Nc2ccccc2)(O[C@H]2[C@H](O)[C@@H](O)C(O[C@H]3[C@H](O)[C@@H](O)[C@@H](O)O[C@@H]3CO)O[C@@H]2CO)[C@H](O)[C@@H](O)[C@@H]1O. The van der Waals surface area contributed by atoms with Crippen molar-refractivity contribution in [2.75, 3.05) is 25.1 Å². The van der Waals surface area contributed by atoms with Crippen LogP contribution in [0.25, 0.3) is 0 Å². The zero-order valence-electron chi connectivity index (χ0n) is 21.6. The van der Waals surface area contributed by atoms with Gasteiger partial charge in [0.1, 0.15) is 67.1 Å². The van der Waals surface area contributed by atoms with Crippen LogP contribution >= 0.6 is 0 Å². The fraction of sp³-hybridized carbons (Fsp3) is 0.750. The van der Waals surface area contributed by atoms with Crippen LogP contribution in [0.3, 0.4) is 0 Å². The molecular formula is C24H37NO16. The first-order valence-electron chi connectivity index (χ1n) is 12.9. The van der Waals surface area contributed by atoms with Crippen molar-refractivity contribution in [3.8, 4) is 0 Å². The Kier molecular flexibility index (Phi) is 10.5. The molecule has 3 aliphatic heterocycles. The van der Waals surface area contributed by atoms with E-state index in [9.17, 15) is 56.2 Å². The number of aliphatic hydroxyl groups excluding tert-OH is 11. The molecule has 2 unspecified atom stereocenters. The van der Waals surface area contributed by atoms with E-state index < -0.39 is 112 Å². The predicted molar refractivity (Wildman–Crippen MR) is 130 cm³/mol. The Morgan fingerprint density at radius 3 is 1.85 bits per heavy atom. The lowest BCUT2D eigenvalue weighted by Crippen LogP contribution is -2.72. The molecule has 3 fully saturated rings. The second-order valence-corrected chi connectivity index (χ2v) is 10.0. The number of hydrogen-bond donors (Lipinski definition) is 12. The van der Waals surface area contributed by atoms with E-state index in [1.165, 1.54) is 12.1 Å². The van der Waals surface area contributed by atoms with Crippen LogP contribution in [-0.4, -0.2) is 168 Å². The number of aliphatic hydroxyl groups is 11. The first-order chi connectivity index (χ1) is 19.5. The monoisotopic (exact) mass is 595 g/mol. The molecule has 0 radical (unpaired) electrons. The molecule has 15 atom stereocenters. The summed E-state index contributed by atoms with van der Waals surface area (Å²) in [5.74, 6) is -2.49. The summed E-state index contributed by atoms with van der Waals surface area (Å²) < 4.78 is 27.7. The van der Waals surface area contributed by atoms with Crippen molar-refractivity contribution in [3.63, 3.8) is 0 Å². The maximum absolute atomic E-state index is 11.1. The molecule has 3 heterocycles. The maximum Gasteiger partial charge on any atom is 0.280 e. The zero-order valence-corrected chi connectivity index (χ0v) is 21.6. The van der Waals surface area contributed by atoms with Gasteiger partial charge in [0.25, 0.3) is 5.91 Å². The van der Waals surface area contributed by atoms with E-state index in [1.807, 2.05) is 0 Å². The van der Waals surface area contributed by atoms with E-state index in [-0.39, 0.29) is 5.69 Å². The molecule has 3 aliphatic rings. The minimum Gasteiger partial charge on any atom is -0.394 e. The average molecular weight is 596 g/mol. The van der Waals surface area contributed by atoms with Gasteiger partial charge in [0.05, 0.1) is 19.8 Å². The van der Waals surface area contributed by atoms with Crippen molar-refractivity contribution in [1.29, 1.82) is 0 Å². The molecular weight excluding hydrogens is 558 g/mol. The molecule has 0 saturated carbocycles. The molecule has 0 bridgehead atoms. The molecule has 234 valence electrons. The lowest BCUT2D eigenvalue weighted by Gasteiger charge is -2.52. The fourth-order valence-electron chi connectivity index (χ4n) is 5.00. The van der Waals surface area contributed by atoms with Gasteiger partial charge in [-0.2, -0.15) is 0 Å². The molecule has 1 aromatic carbocycles. The summed E-state index contributed by atoms with van der Waals surface area (Å²) in [6.07, 6.45) is -24.8. The molecule has 0 aromatic heterocycles. The summed E-state index contributed by atoms with van der Waals surface area (Å²) in [5.41, 5.74) is 0.266. The molecule has 4 rings (SSSR count). The summed E-state index contributed by atoms with van der Waals surface area (Å²) >= 11 is 0. The normalized spacial score (nSPS) is 47.2. The highest BCUT2D eigenvalue weighted by Gasteiger charge is 2.59. The minimum absolute atomic E-state index is 0.266. The van der Waals surface area contributed by atoms with Crippen LogP contribution in [0.1, 0.15) is 0 Å². The molecule has 3 saturated heterocycles. The third kappa shape index (κ3) is 6.36. The van der Waals surface area contributed by atoms with Crippen LogP contribution in [0, 0.1) is 0 Å². The van der Waals surface area contributed by atoms with Crippen LogP contribution in [0.4, 0.5) is 5.69 Å². The molecule has 41 heavy (non-hydrogen) atoms. The summed E-state index contributed by atoms with van der Waals surface area (Å²) in [5, 5.41) is 116. The molecule has 0 spiro atoms. The molecule has 17 heteroatoms. The third-order valence-electron chi connectivity index (χ3n) is 7.30. The van der Waals surface area contributed by atoms with E-state index in [0.29, 0.717) is 0 Å². The van der Waals surface area contributed by atoms with Gasteiger partial charge in [-0.15, -0.1) is 0 Å². The van der Waals surface area contributed by atoms with Gasteiger partial charge in [0.15, 0.2) is 18.7 Å². The first-order valence-corrected chi connectivity index (χ1v) is 12.9. The summed E-state index contributed by atoms with van der Waals surface area (Å²) in [7, 11) is 0. The van der Waals surface area contributed by atoms with Gasteiger partial charge in [0, 0.05) is 5.69 Å². The fourth-order valence-corrected chi connectivity index (χ4v) is 5.00. The van der Waals surface area contributed by atoms with E-state index in [2.05, 4.69) is 5.32 Å². The quantitative estimate of drug-likeness (QED) is 0.118. The van der Waals surface area contributed by atoms with Crippen molar-refractivity contribution in [2.45, 2.75) is 91.7 Å². The number of nitrogens with one attached hydrogen (secondary N) is 1. The van der Waals surface area contributed by atoms with Gasteiger partial charge in [-0.25, -0.2) is 0 Å². The lowest BCUT2D eigenvalue weighted by molar-refractivity contribution is -0.402. The van der Waals surface area contributed by atoms with Crippen molar-refractivity contribution in [2.24, 2.45) is 0 Å². The Labute approximate surface area is 233 Å². The predicted octanol–water partition coefficient (Wildman–Crippen LogP) is -6.13. The van der Waals surface area contributed by atoms with Gasteiger partial charge in [-0.05, 0) is 12.1 Å². The Hall–Kier alpha value is -1.62. The van der Waals surface area contributed by atoms with Gasteiger partial charge in [-0.1, -0.05) is 18.2 Å². The summed E-state index contributed by atoms with van der Waals surface area (Å²) in [6, 6.07) is 7.96. The van der Waals surface area contributed by atoms with Crippen molar-refractivity contribution in [1.82, 2.24) is 0 Å². The van der Waals surface area contributed by atoms with Crippen LogP contribution < -0.4 is 5.32 Å². The topological polar surface area (TPSA) is 281 Å². The largest absolute Gasteiger partial charge is 0.394 e. The second-order valence-electron chi connectivity index (χ2n) is 10.0. The third-order valence-corrected chi connectivity index (χ3v) is 7.30. The van der Waals surface area contributed by atoms with Gasteiger partial charge >= 0.3 is 0 Å². The van der Waals surface area contributed by atoms with E-state index in [0.717, 1.165) is 0 Å². The average Bonchev–Trinajstić information content (AvgIpc) is 2.98. The van der Waals surface area contributed by atoms with Crippen LogP contribution in [-0.2, 0) is 23.7 Å². The number of para-hydroxylation sites is 1. The van der Waals surface area contributed by atoms with E-state index in [4.69, 9.17) is 23.7 Å². The molecule has 1 aromatic rings. The second kappa shape index (κ2) is 13.3. The molecule has 0 amide bonds. The minimum atomic E-state index is -2.49.